The molecule has 3 aromatic heterocycles. The van der Waals surface area contributed by atoms with E-state index in [9.17, 15) is 18.3 Å². The lowest BCUT2D eigenvalue weighted by atomic mass is 9.99. The van der Waals surface area contributed by atoms with Crippen molar-refractivity contribution in [2.45, 2.75) is 31.4 Å². The number of ether oxygens (including phenoxy) is 2. The molecule has 0 aliphatic carbocycles. The van der Waals surface area contributed by atoms with Gasteiger partial charge < -0.3 is 25.2 Å². The molecule has 13 heteroatoms. The number of hydrogen-bond donors (Lipinski definition) is 3. The number of amides is 1. The number of halogens is 1. The summed E-state index contributed by atoms with van der Waals surface area (Å²) in [5.74, 6) is -0.658. The smallest absolute Gasteiger partial charge is 0.222 e. The van der Waals surface area contributed by atoms with E-state index in [0.29, 0.717) is 0 Å². The van der Waals surface area contributed by atoms with Crippen molar-refractivity contribution in [3.05, 3.63) is 48.0 Å². The molecule has 0 unspecified atom stereocenters. The summed E-state index contributed by atoms with van der Waals surface area (Å²) in [6.45, 7) is 4.76. The largest absolute Gasteiger partial charge is 0.491 e. The van der Waals surface area contributed by atoms with E-state index in [1.807, 2.05) is 0 Å². The zero-order valence-corrected chi connectivity index (χ0v) is 21.8. The predicted octanol–water partition coefficient (Wildman–Crippen LogP) is 3.04. The summed E-state index contributed by atoms with van der Waals surface area (Å²) in [6, 6.07) is 5.34. The van der Waals surface area contributed by atoms with Crippen molar-refractivity contribution in [2.24, 2.45) is 0 Å². The highest BCUT2D eigenvalue weighted by atomic mass is 32.2. The molecule has 0 fully saturated rings. The second-order valence-electron chi connectivity index (χ2n) is 8.67. The van der Waals surface area contributed by atoms with E-state index < -0.39 is 21.3 Å². The van der Waals surface area contributed by atoms with Crippen LogP contribution in [0.25, 0.3) is 11.3 Å². The summed E-state index contributed by atoms with van der Waals surface area (Å²) in [7, 11) is -2.21. The van der Waals surface area contributed by atoms with Crippen LogP contribution < -0.4 is 15.4 Å². The van der Waals surface area contributed by atoms with Crippen molar-refractivity contribution in [1.82, 2.24) is 15.0 Å². The molecule has 0 saturated carbocycles. The summed E-state index contributed by atoms with van der Waals surface area (Å²) in [5, 5.41) is 15.5. The van der Waals surface area contributed by atoms with Crippen LogP contribution in [0.15, 0.2) is 41.7 Å². The minimum absolute atomic E-state index is 0.0742. The van der Waals surface area contributed by atoms with Crippen LogP contribution in [0.4, 0.5) is 21.7 Å². The molecule has 198 valence electrons. The number of sulfone groups is 1. The number of anilines is 3. The third kappa shape index (κ3) is 7.41. The molecule has 0 aliphatic heterocycles. The SMILES string of the molecule is COCCOc1cc(Nc2cc(NC(C)=O)ncc2-c2ncc(C(C)(C)O)cc2F)nc(S(C)(=O)=O)c1. The van der Waals surface area contributed by atoms with Gasteiger partial charge in [0.2, 0.25) is 5.91 Å². The summed E-state index contributed by atoms with van der Waals surface area (Å²) >= 11 is 0. The molecule has 11 nitrogen and oxygen atoms in total. The number of aliphatic hydroxyl groups is 1. The zero-order valence-electron chi connectivity index (χ0n) is 21.0. The second kappa shape index (κ2) is 11.2. The first-order chi connectivity index (χ1) is 17.3. The number of nitrogens with one attached hydrogen (secondary N) is 2. The molecule has 3 heterocycles. The molecule has 0 spiro atoms. The third-order valence-electron chi connectivity index (χ3n) is 4.98. The van der Waals surface area contributed by atoms with Crippen LogP contribution in [0, 0.1) is 5.82 Å². The average molecular weight is 534 g/mol. The van der Waals surface area contributed by atoms with Crippen molar-refractivity contribution in [2.75, 3.05) is 37.2 Å². The minimum atomic E-state index is -3.71. The Morgan fingerprint density at radius 2 is 1.84 bits per heavy atom. The lowest BCUT2D eigenvalue weighted by Gasteiger charge is -2.19. The van der Waals surface area contributed by atoms with E-state index in [4.69, 9.17) is 9.47 Å². The predicted molar refractivity (Wildman–Crippen MR) is 135 cm³/mol. The fraction of sp³-hybridized carbons (Fsp3) is 0.333. The van der Waals surface area contributed by atoms with Crippen molar-refractivity contribution in [3.63, 3.8) is 0 Å². The van der Waals surface area contributed by atoms with Gasteiger partial charge in [0.05, 0.1) is 17.9 Å². The maximum absolute atomic E-state index is 15.1. The van der Waals surface area contributed by atoms with Crippen molar-refractivity contribution in [1.29, 1.82) is 0 Å². The van der Waals surface area contributed by atoms with Gasteiger partial charge in [-0.1, -0.05) is 0 Å². The Labute approximate surface area is 214 Å². The number of nitrogens with zero attached hydrogens (tertiary/aromatic N) is 3. The van der Waals surface area contributed by atoms with Crippen molar-refractivity contribution >= 4 is 33.1 Å². The lowest BCUT2D eigenvalue weighted by molar-refractivity contribution is -0.114. The minimum Gasteiger partial charge on any atom is -0.491 e. The van der Waals surface area contributed by atoms with Gasteiger partial charge in [-0.25, -0.2) is 22.8 Å². The first-order valence-corrected chi connectivity index (χ1v) is 12.9. The van der Waals surface area contributed by atoms with Crippen LogP contribution >= 0.6 is 0 Å². The van der Waals surface area contributed by atoms with Crippen LogP contribution in [0.3, 0.4) is 0 Å². The molecule has 37 heavy (non-hydrogen) atoms. The Balaban J connectivity index is 2.12. The highest BCUT2D eigenvalue weighted by molar-refractivity contribution is 7.90. The van der Waals surface area contributed by atoms with Crippen LogP contribution in [-0.4, -0.2) is 61.0 Å². The number of methoxy groups -OCH3 is 1. The standard InChI is InChI=1S/C24H28FN5O6S/c1-14(31)28-20-11-19(17(13-26-20)23-18(25)8-15(12-27-23)24(2,3)32)29-21-9-16(36-7-6-35-4)10-22(30-21)37(5,33)34/h8-13,32H,6-7H2,1-5H3,(H2,26,28,29,30,31). The molecule has 0 saturated heterocycles. The van der Waals surface area contributed by atoms with E-state index in [0.717, 1.165) is 12.3 Å². The van der Waals surface area contributed by atoms with E-state index in [-0.39, 0.29) is 64.0 Å². The monoisotopic (exact) mass is 533 g/mol. The maximum atomic E-state index is 15.1. The van der Waals surface area contributed by atoms with Gasteiger partial charge in [0.1, 0.15) is 35.5 Å². The van der Waals surface area contributed by atoms with E-state index in [1.54, 1.807) is 0 Å². The van der Waals surface area contributed by atoms with Gasteiger partial charge >= 0.3 is 0 Å². The van der Waals surface area contributed by atoms with Crippen LogP contribution in [-0.2, 0) is 25.0 Å². The Bertz CT molecular complexity index is 1410. The fourth-order valence-electron chi connectivity index (χ4n) is 3.17. The third-order valence-corrected chi connectivity index (χ3v) is 5.95. The van der Waals surface area contributed by atoms with Gasteiger partial charge in [-0.3, -0.25) is 9.78 Å². The number of rotatable bonds is 10. The van der Waals surface area contributed by atoms with Crippen molar-refractivity contribution < 1.29 is 32.2 Å². The zero-order chi connectivity index (χ0) is 27.4. The molecular weight excluding hydrogens is 505 g/mol. The van der Waals surface area contributed by atoms with Gasteiger partial charge in [-0.15, -0.1) is 0 Å². The summed E-state index contributed by atoms with van der Waals surface area (Å²) < 4.78 is 50.1. The lowest BCUT2D eigenvalue weighted by Crippen LogP contribution is -2.16. The van der Waals surface area contributed by atoms with Crippen molar-refractivity contribution in [3.8, 4) is 17.0 Å². The van der Waals surface area contributed by atoms with Gasteiger partial charge in [0.15, 0.2) is 14.9 Å². The first kappa shape index (κ1) is 27.9. The van der Waals surface area contributed by atoms with Crippen LogP contribution in [0.2, 0.25) is 0 Å². The van der Waals surface area contributed by atoms with Crippen LogP contribution in [0.1, 0.15) is 26.3 Å². The Morgan fingerprint density at radius 3 is 2.43 bits per heavy atom. The molecule has 0 atom stereocenters. The van der Waals surface area contributed by atoms with Gasteiger partial charge in [0.25, 0.3) is 0 Å². The van der Waals surface area contributed by atoms with Gasteiger partial charge in [-0.2, -0.15) is 0 Å². The molecule has 3 aromatic rings. The molecule has 0 aromatic carbocycles. The van der Waals surface area contributed by atoms with Gasteiger partial charge in [-0.05, 0) is 19.9 Å². The fourth-order valence-corrected chi connectivity index (χ4v) is 3.76. The molecule has 0 bridgehead atoms. The molecule has 0 aliphatic rings. The number of hydrogen-bond acceptors (Lipinski definition) is 10. The van der Waals surface area contributed by atoms with Crippen LogP contribution in [0.5, 0.6) is 5.75 Å². The van der Waals surface area contributed by atoms with E-state index in [1.165, 1.54) is 58.5 Å². The Morgan fingerprint density at radius 1 is 1.11 bits per heavy atom. The summed E-state index contributed by atoms with van der Waals surface area (Å²) in [6.07, 6.45) is 3.65. The first-order valence-electron chi connectivity index (χ1n) is 11.0. The number of pyridine rings is 3. The molecule has 1 amide bonds. The second-order valence-corrected chi connectivity index (χ2v) is 10.6. The highest BCUT2D eigenvalue weighted by Crippen LogP contribution is 2.34. The quantitative estimate of drug-likeness (QED) is 0.332. The Kier molecular flexibility index (Phi) is 8.41. The highest BCUT2D eigenvalue weighted by Gasteiger charge is 2.21. The number of aromatic nitrogens is 3. The Hall–Kier alpha value is -3.68. The summed E-state index contributed by atoms with van der Waals surface area (Å²) in [4.78, 5) is 24.1. The molecular formula is C24H28FN5O6S. The molecule has 3 N–H and O–H groups in total. The number of carbonyl (C=O) groups is 1. The van der Waals surface area contributed by atoms with E-state index in [2.05, 4.69) is 25.6 Å². The normalized spacial score (nSPS) is 11.8. The molecule has 3 rings (SSSR count). The topological polar surface area (TPSA) is 153 Å². The molecule has 0 radical (unpaired) electrons. The maximum Gasteiger partial charge on any atom is 0.222 e. The van der Waals surface area contributed by atoms with Gasteiger partial charge in [0, 0.05) is 62.0 Å². The van der Waals surface area contributed by atoms with E-state index >= 15 is 4.39 Å². The summed E-state index contributed by atoms with van der Waals surface area (Å²) in [5.41, 5.74) is -0.708. The average Bonchev–Trinajstić information content (AvgIpc) is 2.78. The number of carbonyl (C=O) groups excluding carboxylic acids is 1.